The van der Waals surface area contributed by atoms with Crippen LogP contribution in [0.5, 0.6) is 0 Å². The van der Waals surface area contributed by atoms with Crippen molar-refractivity contribution in [1.82, 2.24) is 5.16 Å². The summed E-state index contributed by atoms with van der Waals surface area (Å²) in [5, 5.41) is 7.71. The summed E-state index contributed by atoms with van der Waals surface area (Å²) in [6, 6.07) is 19.0. The first-order chi connectivity index (χ1) is 11.6. The van der Waals surface area contributed by atoms with Crippen molar-refractivity contribution in [3.05, 3.63) is 70.3 Å². The van der Waals surface area contributed by atoms with E-state index in [2.05, 4.69) is 63.7 Å². The third-order valence-electron chi connectivity index (χ3n) is 4.07. The van der Waals surface area contributed by atoms with Crippen LogP contribution >= 0.6 is 15.9 Å². The highest BCUT2D eigenvalue weighted by atomic mass is 79.9. The number of halogens is 1. The van der Waals surface area contributed by atoms with Gasteiger partial charge in [0.25, 0.3) is 0 Å². The molecular formula is C20H21BrN2O. The number of nitrogens with one attached hydrogen (secondary N) is 1. The highest BCUT2D eigenvalue weighted by Gasteiger charge is 2.16. The van der Waals surface area contributed by atoms with Crippen molar-refractivity contribution in [3.8, 4) is 11.3 Å². The second-order valence-electron chi connectivity index (χ2n) is 6.05. The van der Waals surface area contributed by atoms with Gasteiger partial charge in [0, 0.05) is 16.1 Å². The molecule has 1 heterocycles. The van der Waals surface area contributed by atoms with E-state index in [1.54, 1.807) is 0 Å². The second-order valence-corrected chi connectivity index (χ2v) is 6.96. The standard InChI is InChI=1S/C20H21BrN2O/c1-14(8-9-16-6-4-3-5-7-16)22-19-15(2)23-24-20(19)17-10-12-18(21)13-11-17/h3-7,10-14,22H,8-9H2,1-2H3. The van der Waals surface area contributed by atoms with Crippen LogP contribution in [0, 0.1) is 6.92 Å². The molecule has 0 spiro atoms. The fourth-order valence-electron chi connectivity index (χ4n) is 2.68. The molecule has 1 unspecified atom stereocenters. The molecule has 0 aliphatic heterocycles. The Kier molecular flexibility index (Phi) is 5.36. The minimum atomic E-state index is 0.331. The first-order valence-corrected chi connectivity index (χ1v) is 8.95. The number of nitrogens with zero attached hydrogens (tertiary/aromatic N) is 1. The van der Waals surface area contributed by atoms with Crippen LogP contribution in [0.1, 0.15) is 24.6 Å². The molecule has 1 N–H and O–H groups in total. The van der Waals surface area contributed by atoms with Gasteiger partial charge in [-0.1, -0.05) is 51.4 Å². The SMILES string of the molecule is Cc1noc(-c2ccc(Br)cc2)c1NC(C)CCc1ccccc1. The molecule has 0 aliphatic carbocycles. The smallest absolute Gasteiger partial charge is 0.190 e. The van der Waals surface area contributed by atoms with E-state index >= 15 is 0 Å². The van der Waals surface area contributed by atoms with E-state index in [0.29, 0.717) is 6.04 Å². The van der Waals surface area contributed by atoms with Gasteiger partial charge >= 0.3 is 0 Å². The van der Waals surface area contributed by atoms with Gasteiger partial charge in [-0.05, 0) is 56.5 Å². The summed E-state index contributed by atoms with van der Waals surface area (Å²) in [5.41, 5.74) is 4.26. The molecule has 1 aromatic heterocycles. The molecule has 3 rings (SSSR count). The number of aromatic nitrogens is 1. The Labute approximate surface area is 151 Å². The average Bonchev–Trinajstić information content (AvgIpc) is 2.95. The molecule has 3 nitrogen and oxygen atoms in total. The third-order valence-corrected chi connectivity index (χ3v) is 4.60. The molecule has 0 bridgehead atoms. The van der Waals surface area contributed by atoms with Crippen LogP contribution in [-0.2, 0) is 6.42 Å². The first-order valence-electron chi connectivity index (χ1n) is 8.16. The lowest BCUT2D eigenvalue weighted by atomic mass is 10.1. The Balaban J connectivity index is 1.70. The summed E-state index contributed by atoms with van der Waals surface area (Å²) in [6.45, 7) is 4.17. The van der Waals surface area contributed by atoms with E-state index in [9.17, 15) is 0 Å². The maximum Gasteiger partial charge on any atom is 0.190 e. The van der Waals surface area contributed by atoms with E-state index < -0.39 is 0 Å². The number of aryl methyl sites for hydroxylation is 2. The Morgan fingerprint density at radius 1 is 1.08 bits per heavy atom. The predicted octanol–water partition coefficient (Wildman–Crippen LogP) is 5.85. The molecule has 24 heavy (non-hydrogen) atoms. The van der Waals surface area contributed by atoms with Crippen molar-refractivity contribution in [1.29, 1.82) is 0 Å². The Morgan fingerprint density at radius 2 is 1.79 bits per heavy atom. The molecule has 0 saturated heterocycles. The van der Waals surface area contributed by atoms with Gasteiger partial charge in [0.1, 0.15) is 11.4 Å². The van der Waals surface area contributed by atoms with Crippen molar-refractivity contribution in [2.24, 2.45) is 0 Å². The van der Waals surface area contributed by atoms with Crippen LogP contribution in [0.15, 0.2) is 63.6 Å². The minimum absolute atomic E-state index is 0.331. The topological polar surface area (TPSA) is 38.1 Å². The Morgan fingerprint density at radius 3 is 2.50 bits per heavy atom. The van der Waals surface area contributed by atoms with E-state index in [1.807, 2.05) is 31.2 Å². The van der Waals surface area contributed by atoms with E-state index in [1.165, 1.54) is 5.56 Å². The lowest BCUT2D eigenvalue weighted by Gasteiger charge is -2.15. The maximum absolute atomic E-state index is 5.56. The van der Waals surface area contributed by atoms with Crippen molar-refractivity contribution < 1.29 is 4.52 Å². The Hall–Kier alpha value is -2.07. The highest BCUT2D eigenvalue weighted by molar-refractivity contribution is 9.10. The van der Waals surface area contributed by atoms with Gasteiger partial charge in [0.2, 0.25) is 0 Å². The number of hydrogen-bond donors (Lipinski definition) is 1. The number of anilines is 1. The summed E-state index contributed by atoms with van der Waals surface area (Å²) in [7, 11) is 0. The molecule has 3 aromatic rings. The maximum atomic E-state index is 5.56. The zero-order valence-electron chi connectivity index (χ0n) is 13.9. The summed E-state index contributed by atoms with van der Waals surface area (Å²) in [4.78, 5) is 0. The van der Waals surface area contributed by atoms with E-state index in [-0.39, 0.29) is 0 Å². The van der Waals surface area contributed by atoms with Gasteiger partial charge in [-0.25, -0.2) is 0 Å². The molecular weight excluding hydrogens is 364 g/mol. The van der Waals surface area contributed by atoms with Crippen LogP contribution in [-0.4, -0.2) is 11.2 Å². The number of rotatable bonds is 6. The van der Waals surface area contributed by atoms with Crippen LogP contribution in [0.2, 0.25) is 0 Å². The van der Waals surface area contributed by atoms with Crippen molar-refractivity contribution >= 4 is 21.6 Å². The molecule has 0 saturated carbocycles. The predicted molar refractivity (Wildman–Crippen MR) is 102 cm³/mol. The van der Waals surface area contributed by atoms with Gasteiger partial charge in [-0.2, -0.15) is 0 Å². The summed E-state index contributed by atoms with van der Waals surface area (Å²) < 4.78 is 6.61. The molecule has 4 heteroatoms. The fourth-order valence-corrected chi connectivity index (χ4v) is 2.95. The summed E-state index contributed by atoms with van der Waals surface area (Å²) in [6.07, 6.45) is 2.10. The fraction of sp³-hybridized carbons (Fsp3) is 0.250. The quantitative estimate of drug-likeness (QED) is 0.579. The van der Waals surface area contributed by atoms with Crippen LogP contribution in [0.3, 0.4) is 0 Å². The summed E-state index contributed by atoms with van der Waals surface area (Å²) >= 11 is 3.46. The van der Waals surface area contributed by atoms with E-state index in [4.69, 9.17) is 4.52 Å². The van der Waals surface area contributed by atoms with Crippen LogP contribution < -0.4 is 5.32 Å². The molecule has 0 fully saturated rings. The normalized spacial score (nSPS) is 12.1. The first kappa shape index (κ1) is 16.8. The van der Waals surface area contributed by atoms with Crippen LogP contribution in [0.4, 0.5) is 5.69 Å². The van der Waals surface area contributed by atoms with Crippen molar-refractivity contribution in [3.63, 3.8) is 0 Å². The van der Waals surface area contributed by atoms with Gasteiger partial charge in [-0.3, -0.25) is 0 Å². The molecule has 0 radical (unpaired) electrons. The van der Waals surface area contributed by atoms with E-state index in [0.717, 1.165) is 40.0 Å². The lowest BCUT2D eigenvalue weighted by molar-refractivity contribution is 0.427. The highest BCUT2D eigenvalue weighted by Crippen LogP contribution is 2.32. The number of benzene rings is 2. The van der Waals surface area contributed by atoms with Gasteiger partial charge < -0.3 is 9.84 Å². The average molecular weight is 385 g/mol. The summed E-state index contributed by atoms with van der Waals surface area (Å²) in [5.74, 6) is 0.798. The molecule has 0 amide bonds. The lowest BCUT2D eigenvalue weighted by Crippen LogP contribution is -2.16. The van der Waals surface area contributed by atoms with Gasteiger partial charge in [-0.15, -0.1) is 0 Å². The molecule has 0 aliphatic rings. The third kappa shape index (κ3) is 4.06. The van der Waals surface area contributed by atoms with Crippen LogP contribution in [0.25, 0.3) is 11.3 Å². The largest absolute Gasteiger partial charge is 0.378 e. The zero-order chi connectivity index (χ0) is 16.9. The van der Waals surface area contributed by atoms with Gasteiger partial charge in [0.05, 0.1) is 0 Å². The molecule has 2 aromatic carbocycles. The molecule has 1 atom stereocenters. The second kappa shape index (κ2) is 7.67. The minimum Gasteiger partial charge on any atom is -0.378 e. The molecule has 124 valence electrons. The van der Waals surface area contributed by atoms with Gasteiger partial charge in [0.15, 0.2) is 5.76 Å². The number of hydrogen-bond acceptors (Lipinski definition) is 3. The monoisotopic (exact) mass is 384 g/mol. The van der Waals surface area contributed by atoms with Crippen molar-refractivity contribution in [2.75, 3.05) is 5.32 Å². The Bertz CT molecular complexity index is 781. The van der Waals surface area contributed by atoms with Crippen molar-refractivity contribution in [2.45, 2.75) is 32.7 Å². The zero-order valence-corrected chi connectivity index (χ0v) is 15.5.